The van der Waals surface area contributed by atoms with Gasteiger partial charge in [-0.05, 0) is 35.4 Å². The lowest BCUT2D eigenvalue weighted by atomic mass is 9.67. The molecule has 4 nitrogen and oxygen atoms in total. The zero-order chi connectivity index (χ0) is 21.4. The first-order valence-electron chi connectivity index (χ1n) is 10.9. The molecule has 0 spiro atoms. The van der Waals surface area contributed by atoms with E-state index >= 15 is 0 Å². The first-order valence-corrected chi connectivity index (χ1v) is 10.9. The van der Waals surface area contributed by atoms with Gasteiger partial charge in [0.25, 0.3) is 0 Å². The van der Waals surface area contributed by atoms with Crippen molar-refractivity contribution in [2.45, 2.75) is 11.1 Å². The van der Waals surface area contributed by atoms with Crippen LogP contribution >= 0.6 is 0 Å². The van der Waals surface area contributed by atoms with E-state index in [1.54, 1.807) is 0 Å². The minimum atomic E-state index is -0.627. The Morgan fingerprint density at radius 1 is 0.469 bits per heavy atom. The van der Waals surface area contributed by atoms with Crippen molar-refractivity contribution in [2.24, 2.45) is 0 Å². The SMILES string of the molecule is c1ccc(C2(C3(c4ccccc4)COc4ccccc4N3)COc3ccccc3N2)cc1. The van der Waals surface area contributed by atoms with Gasteiger partial charge in [0, 0.05) is 0 Å². The van der Waals surface area contributed by atoms with Gasteiger partial charge < -0.3 is 20.1 Å². The highest BCUT2D eigenvalue weighted by molar-refractivity contribution is 5.67. The molecular weight excluding hydrogens is 396 g/mol. The number of benzene rings is 4. The maximum Gasteiger partial charge on any atom is 0.142 e. The summed E-state index contributed by atoms with van der Waals surface area (Å²) in [6.45, 7) is 0.892. The van der Waals surface area contributed by atoms with Gasteiger partial charge in [0.05, 0.1) is 11.4 Å². The predicted octanol–water partition coefficient (Wildman–Crippen LogP) is 5.79. The molecule has 2 heterocycles. The number of ether oxygens (including phenoxy) is 2. The number of nitrogens with one attached hydrogen (secondary N) is 2. The Morgan fingerprint density at radius 2 is 0.844 bits per heavy atom. The molecule has 4 heteroatoms. The monoisotopic (exact) mass is 420 g/mol. The van der Waals surface area contributed by atoms with E-state index < -0.39 is 11.1 Å². The predicted molar refractivity (Wildman–Crippen MR) is 127 cm³/mol. The van der Waals surface area contributed by atoms with Crippen LogP contribution in [0.25, 0.3) is 0 Å². The Labute approximate surface area is 187 Å². The minimum absolute atomic E-state index is 0.446. The van der Waals surface area contributed by atoms with Crippen LogP contribution in [0.3, 0.4) is 0 Å². The van der Waals surface area contributed by atoms with E-state index in [1.165, 1.54) is 0 Å². The van der Waals surface area contributed by atoms with E-state index in [-0.39, 0.29) is 0 Å². The highest BCUT2D eigenvalue weighted by Gasteiger charge is 2.58. The van der Waals surface area contributed by atoms with Crippen molar-refractivity contribution in [1.82, 2.24) is 0 Å². The van der Waals surface area contributed by atoms with Gasteiger partial charge >= 0.3 is 0 Å². The third-order valence-electron chi connectivity index (χ3n) is 6.62. The number of rotatable bonds is 3. The summed E-state index contributed by atoms with van der Waals surface area (Å²) in [6, 6.07) is 37.3. The molecule has 158 valence electrons. The lowest BCUT2D eigenvalue weighted by Crippen LogP contribution is -2.66. The molecule has 2 aliphatic rings. The molecule has 6 rings (SSSR count). The quantitative estimate of drug-likeness (QED) is 0.440. The summed E-state index contributed by atoms with van der Waals surface area (Å²) >= 11 is 0. The molecule has 0 amide bonds. The van der Waals surface area contributed by atoms with Crippen molar-refractivity contribution in [3.8, 4) is 11.5 Å². The maximum atomic E-state index is 6.42. The van der Waals surface area contributed by atoms with E-state index in [1.807, 2.05) is 48.5 Å². The van der Waals surface area contributed by atoms with Crippen molar-refractivity contribution in [3.63, 3.8) is 0 Å². The maximum absolute atomic E-state index is 6.42. The van der Waals surface area contributed by atoms with Gasteiger partial charge in [0.15, 0.2) is 0 Å². The van der Waals surface area contributed by atoms with Gasteiger partial charge in [-0.1, -0.05) is 84.9 Å². The molecule has 0 radical (unpaired) electrons. The van der Waals surface area contributed by atoms with Gasteiger partial charge in [0.1, 0.15) is 35.8 Å². The van der Waals surface area contributed by atoms with Crippen LogP contribution in [-0.4, -0.2) is 13.2 Å². The molecule has 0 aliphatic carbocycles. The van der Waals surface area contributed by atoms with Crippen molar-refractivity contribution in [1.29, 1.82) is 0 Å². The third-order valence-corrected chi connectivity index (χ3v) is 6.62. The van der Waals surface area contributed by atoms with Crippen molar-refractivity contribution >= 4 is 11.4 Å². The highest BCUT2D eigenvalue weighted by atomic mass is 16.5. The Bertz CT molecular complexity index is 1150. The second-order valence-corrected chi connectivity index (χ2v) is 8.36. The normalized spacial score (nSPS) is 23.4. The van der Waals surface area contributed by atoms with Crippen LogP contribution in [0.1, 0.15) is 11.1 Å². The lowest BCUT2D eigenvalue weighted by molar-refractivity contribution is 0.0950. The van der Waals surface area contributed by atoms with Gasteiger partial charge in [-0.3, -0.25) is 0 Å². The molecule has 0 aromatic heterocycles. The molecule has 0 bridgehead atoms. The average Bonchev–Trinajstić information content (AvgIpc) is 2.89. The van der Waals surface area contributed by atoms with Crippen LogP contribution < -0.4 is 20.1 Å². The molecule has 32 heavy (non-hydrogen) atoms. The number of fused-ring (bicyclic) bond motifs is 2. The van der Waals surface area contributed by atoms with Gasteiger partial charge in [-0.15, -0.1) is 0 Å². The molecule has 2 atom stereocenters. The van der Waals surface area contributed by atoms with Crippen LogP contribution in [-0.2, 0) is 11.1 Å². The Balaban J connectivity index is 1.61. The first kappa shape index (κ1) is 18.8. The number of anilines is 2. The molecule has 0 fully saturated rings. The number of hydrogen-bond donors (Lipinski definition) is 2. The molecule has 0 saturated heterocycles. The van der Waals surface area contributed by atoms with E-state index in [9.17, 15) is 0 Å². The smallest absolute Gasteiger partial charge is 0.142 e. The molecule has 2 N–H and O–H groups in total. The summed E-state index contributed by atoms with van der Waals surface area (Å²) < 4.78 is 12.8. The average molecular weight is 421 g/mol. The first-order chi connectivity index (χ1) is 15.8. The van der Waals surface area contributed by atoms with Crippen molar-refractivity contribution < 1.29 is 9.47 Å². The van der Waals surface area contributed by atoms with Crippen molar-refractivity contribution in [3.05, 3.63) is 120 Å². The van der Waals surface area contributed by atoms with Crippen LogP contribution in [0.15, 0.2) is 109 Å². The molecule has 2 aliphatic heterocycles. The summed E-state index contributed by atoms with van der Waals surface area (Å²) in [4.78, 5) is 0. The molecule has 2 unspecified atom stereocenters. The second kappa shape index (κ2) is 7.34. The lowest BCUT2D eigenvalue weighted by Gasteiger charge is -2.55. The summed E-state index contributed by atoms with van der Waals surface area (Å²) in [5.41, 5.74) is 2.95. The fourth-order valence-corrected chi connectivity index (χ4v) is 5.00. The summed E-state index contributed by atoms with van der Waals surface area (Å²) in [6.07, 6.45) is 0. The fourth-order valence-electron chi connectivity index (χ4n) is 5.00. The summed E-state index contributed by atoms with van der Waals surface area (Å²) in [5.74, 6) is 1.72. The van der Waals surface area contributed by atoms with Gasteiger partial charge in [0.2, 0.25) is 0 Å². The fraction of sp³-hybridized carbons (Fsp3) is 0.143. The van der Waals surface area contributed by atoms with Crippen LogP contribution in [0, 0.1) is 0 Å². The van der Waals surface area contributed by atoms with E-state index in [0.717, 1.165) is 34.0 Å². The molecular formula is C28H24N2O2. The van der Waals surface area contributed by atoms with E-state index in [0.29, 0.717) is 13.2 Å². The van der Waals surface area contributed by atoms with E-state index in [2.05, 4.69) is 71.3 Å². The van der Waals surface area contributed by atoms with Crippen LogP contribution in [0.5, 0.6) is 11.5 Å². The second-order valence-electron chi connectivity index (χ2n) is 8.36. The van der Waals surface area contributed by atoms with E-state index in [4.69, 9.17) is 9.47 Å². The number of hydrogen-bond acceptors (Lipinski definition) is 4. The Morgan fingerprint density at radius 3 is 1.28 bits per heavy atom. The minimum Gasteiger partial charge on any atom is -0.488 e. The van der Waals surface area contributed by atoms with Gasteiger partial charge in [-0.2, -0.15) is 0 Å². The third kappa shape index (κ3) is 2.76. The largest absolute Gasteiger partial charge is 0.488 e. The molecule has 4 aromatic rings. The van der Waals surface area contributed by atoms with Crippen LogP contribution in [0.2, 0.25) is 0 Å². The van der Waals surface area contributed by atoms with Crippen LogP contribution in [0.4, 0.5) is 11.4 Å². The molecule has 0 saturated carbocycles. The molecule has 4 aromatic carbocycles. The zero-order valence-electron chi connectivity index (χ0n) is 17.6. The Kier molecular flexibility index (Phi) is 4.32. The van der Waals surface area contributed by atoms with Gasteiger partial charge in [-0.25, -0.2) is 0 Å². The highest BCUT2D eigenvalue weighted by Crippen LogP contribution is 2.52. The zero-order valence-corrected chi connectivity index (χ0v) is 17.6. The van der Waals surface area contributed by atoms with Crippen molar-refractivity contribution in [2.75, 3.05) is 23.8 Å². The standard InChI is InChI=1S/C28H24N2O2/c1-3-11-21(12-4-1)27(19-31-25-17-9-7-15-23(25)29-27)28(22-13-5-2-6-14-22)20-32-26-18-10-8-16-24(26)30-28/h1-18,29-30H,19-20H2. The summed E-state index contributed by atoms with van der Waals surface area (Å²) in [7, 11) is 0. The Hall–Kier alpha value is -3.92. The number of para-hydroxylation sites is 4. The summed E-state index contributed by atoms with van der Waals surface area (Å²) in [5, 5.41) is 7.80. The topological polar surface area (TPSA) is 42.5 Å².